The van der Waals surface area contributed by atoms with Crippen molar-refractivity contribution in [3.8, 4) is 0 Å². The van der Waals surface area contributed by atoms with Crippen LogP contribution in [0.3, 0.4) is 0 Å². The predicted molar refractivity (Wildman–Crippen MR) is 118 cm³/mol. The van der Waals surface area contributed by atoms with Gasteiger partial charge in [0.1, 0.15) is 0 Å². The van der Waals surface area contributed by atoms with Gasteiger partial charge in [-0.05, 0) is 35.2 Å². The number of hydrogen-bond acceptors (Lipinski definition) is 2. The van der Waals surface area contributed by atoms with Gasteiger partial charge in [-0.1, -0.05) is 84.4 Å². The van der Waals surface area contributed by atoms with E-state index in [9.17, 15) is 0 Å². The second-order valence-corrected chi connectivity index (χ2v) is 8.08. The van der Waals surface area contributed by atoms with Gasteiger partial charge in [-0.25, -0.2) is 0 Å². The summed E-state index contributed by atoms with van der Waals surface area (Å²) in [5.74, 6) is 0.492. The Labute approximate surface area is 173 Å². The van der Waals surface area contributed by atoms with Gasteiger partial charge < -0.3 is 5.32 Å². The van der Waals surface area contributed by atoms with Gasteiger partial charge in [-0.2, -0.15) is 0 Å². The molecule has 0 spiro atoms. The predicted octanol–water partition coefficient (Wildman–Crippen LogP) is 5.49. The summed E-state index contributed by atoms with van der Waals surface area (Å²) < 4.78 is 0. The maximum atomic E-state index is 6.02. The Morgan fingerprint density at radius 1 is 0.821 bits per heavy atom. The van der Waals surface area contributed by atoms with E-state index in [1.54, 1.807) is 0 Å². The molecule has 0 aliphatic carbocycles. The molecule has 4 rings (SSSR count). The van der Waals surface area contributed by atoms with Gasteiger partial charge in [0.2, 0.25) is 0 Å². The van der Waals surface area contributed by atoms with Crippen molar-refractivity contribution < 1.29 is 0 Å². The molecular formula is C25H27ClN2. The molecule has 0 bridgehead atoms. The molecule has 28 heavy (non-hydrogen) atoms. The monoisotopic (exact) mass is 390 g/mol. The number of likely N-dealkylation sites (tertiary alicyclic amines) is 1. The largest absolute Gasteiger partial charge is 0.309 e. The zero-order valence-electron chi connectivity index (χ0n) is 16.1. The highest BCUT2D eigenvalue weighted by atomic mass is 35.5. The molecule has 0 amide bonds. The van der Waals surface area contributed by atoms with Crippen molar-refractivity contribution in [2.24, 2.45) is 0 Å². The molecule has 0 radical (unpaired) electrons. The van der Waals surface area contributed by atoms with Crippen LogP contribution in [-0.4, -0.2) is 24.0 Å². The Hall–Kier alpha value is -2.13. The Morgan fingerprint density at radius 3 is 2.21 bits per heavy atom. The lowest BCUT2D eigenvalue weighted by Gasteiger charge is -2.39. The molecule has 2 nitrogen and oxygen atoms in total. The van der Waals surface area contributed by atoms with Crippen LogP contribution in [0.25, 0.3) is 0 Å². The second-order valence-electron chi connectivity index (χ2n) is 7.64. The number of piperidine rings is 1. The number of nitrogens with one attached hydrogen (secondary N) is 1. The van der Waals surface area contributed by atoms with Crippen molar-refractivity contribution in [1.29, 1.82) is 0 Å². The van der Waals surface area contributed by atoms with E-state index in [-0.39, 0.29) is 0 Å². The third kappa shape index (κ3) is 5.02. The average Bonchev–Trinajstić information content (AvgIpc) is 2.75. The maximum absolute atomic E-state index is 6.02. The van der Waals surface area contributed by atoms with Gasteiger partial charge in [-0.3, -0.25) is 4.90 Å². The number of rotatable bonds is 6. The van der Waals surface area contributed by atoms with Crippen molar-refractivity contribution in [3.63, 3.8) is 0 Å². The number of benzene rings is 3. The van der Waals surface area contributed by atoms with Crippen LogP contribution in [0, 0.1) is 0 Å². The Kier molecular flexibility index (Phi) is 6.43. The van der Waals surface area contributed by atoms with Gasteiger partial charge in [0.15, 0.2) is 0 Å². The molecule has 1 saturated heterocycles. The smallest absolute Gasteiger partial charge is 0.0406 e. The molecule has 3 heteroatoms. The molecule has 1 heterocycles. The zero-order chi connectivity index (χ0) is 19.2. The van der Waals surface area contributed by atoms with Crippen LogP contribution in [0.4, 0.5) is 0 Å². The van der Waals surface area contributed by atoms with Crippen LogP contribution in [0.5, 0.6) is 0 Å². The summed E-state index contributed by atoms with van der Waals surface area (Å²) >= 11 is 6.02. The van der Waals surface area contributed by atoms with Crippen molar-refractivity contribution in [3.05, 3.63) is 107 Å². The summed E-state index contributed by atoms with van der Waals surface area (Å²) in [5.41, 5.74) is 4.10. The fourth-order valence-corrected chi connectivity index (χ4v) is 4.26. The van der Waals surface area contributed by atoms with E-state index in [0.717, 1.165) is 37.6 Å². The van der Waals surface area contributed by atoms with Crippen LogP contribution < -0.4 is 5.32 Å². The molecule has 0 aromatic heterocycles. The summed E-state index contributed by atoms with van der Waals surface area (Å²) in [7, 11) is 0. The molecule has 0 saturated carbocycles. The minimum Gasteiger partial charge on any atom is -0.309 e. The summed E-state index contributed by atoms with van der Waals surface area (Å²) in [6, 6.07) is 30.4. The number of hydrogen-bond donors (Lipinski definition) is 1. The van der Waals surface area contributed by atoms with E-state index in [1.807, 2.05) is 12.1 Å². The first-order valence-corrected chi connectivity index (χ1v) is 10.4. The Balaban J connectivity index is 1.45. The lowest BCUT2D eigenvalue weighted by Crippen LogP contribution is -2.47. The molecule has 3 aromatic rings. The third-order valence-electron chi connectivity index (χ3n) is 5.66. The van der Waals surface area contributed by atoms with Crippen LogP contribution in [0.1, 0.15) is 29.0 Å². The summed E-state index contributed by atoms with van der Waals surface area (Å²) in [4.78, 5) is 2.59. The van der Waals surface area contributed by atoms with Crippen LogP contribution in [-0.2, 0) is 13.1 Å². The fraction of sp³-hybridized carbons (Fsp3) is 0.280. The highest BCUT2D eigenvalue weighted by Crippen LogP contribution is 2.28. The van der Waals surface area contributed by atoms with E-state index < -0.39 is 0 Å². The van der Waals surface area contributed by atoms with Crippen molar-refractivity contribution in [2.45, 2.75) is 31.5 Å². The third-order valence-corrected chi connectivity index (χ3v) is 5.91. The molecule has 1 N–H and O–H groups in total. The van der Waals surface area contributed by atoms with Crippen molar-refractivity contribution >= 4 is 11.6 Å². The molecular weight excluding hydrogens is 364 g/mol. The van der Waals surface area contributed by atoms with Crippen molar-refractivity contribution in [1.82, 2.24) is 10.2 Å². The summed E-state index contributed by atoms with van der Waals surface area (Å²) in [5, 5.41) is 4.61. The van der Waals surface area contributed by atoms with Crippen LogP contribution >= 0.6 is 11.6 Å². The Bertz CT molecular complexity index is 849. The number of halogens is 1. The normalized spacial score (nSPS) is 20.2. The van der Waals surface area contributed by atoms with Gasteiger partial charge in [-0.15, -0.1) is 0 Å². The maximum Gasteiger partial charge on any atom is 0.0406 e. The van der Waals surface area contributed by atoms with Crippen LogP contribution in [0.2, 0.25) is 5.02 Å². The van der Waals surface area contributed by atoms with Crippen LogP contribution in [0.15, 0.2) is 84.9 Å². The Morgan fingerprint density at radius 2 is 1.50 bits per heavy atom. The summed E-state index contributed by atoms with van der Waals surface area (Å²) in [6.45, 7) is 4.10. The topological polar surface area (TPSA) is 15.3 Å². The minimum absolute atomic E-state index is 0.477. The van der Waals surface area contributed by atoms with Gasteiger partial charge in [0.05, 0.1) is 0 Å². The fourth-order valence-electron chi connectivity index (χ4n) is 4.14. The zero-order valence-corrected chi connectivity index (χ0v) is 16.9. The van der Waals surface area contributed by atoms with E-state index in [2.05, 4.69) is 83.0 Å². The summed E-state index contributed by atoms with van der Waals surface area (Å²) in [6.07, 6.45) is 1.15. The molecule has 1 aliphatic heterocycles. The van der Waals surface area contributed by atoms with Gasteiger partial charge in [0, 0.05) is 43.2 Å². The minimum atomic E-state index is 0.477. The average molecular weight is 391 g/mol. The highest BCUT2D eigenvalue weighted by molar-refractivity contribution is 6.30. The molecule has 3 aromatic carbocycles. The first-order valence-electron chi connectivity index (χ1n) is 10.1. The van der Waals surface area contributed by atoms with Crippen molar-refractivity contribution in [2.75, 3.05) is 13.1 Å². The lowest BCUT2D eigenvalue weighted by atomic mass is 9.85. The van der Waals surface area contributed by atoms with E-state index >= 15 is 0 Å². The van der Waals surface area contributed by atoms with Gasteiger partial charge >= 0.3 is 0 Å². The first-order chi connectivity index (χ1) is 13.8. The molecule has 2 atom stereocenters. The molecule has 144 valence electrons. The standard InChI is InChI=1S/C25H27ClN2/c26-23-13-11-20(12-14-23)17-27-25-15-16-28(18-21-7-3-1-4-8-21)19-24(25)22-9-5-2-6-10-22/h1-14,24-25,27H,15-19H2. The first kappa shape index (κ1) is 19.2. The lowest BCUT2D eigenvalue weighted by molar-refractivity contribution is 0.166. The number of nitrogens with zero attached hydrogens (tertiary/aromatic N) is 1. The second kappa shape index (κ2) is 9.38. The molecule has 2 unspecified atom stereocenters. The molecule has 1 fully saturated rings. The molecule has 1 aliphatic rings. The van der Waals surface area contributed by atoms with E-state index in [4.69, 9.17) is 11.6 Å². The van der Waals surface area contributed by atoms with Gasteiger partial charge in [0.25, 0.3) is 0 Å². The SMILES string of the molecule is Clc1ccc(CNC2CCN(Cc3ccccc3)CC2c2ccccc2)cc1. The van der Waals surface area contributed by atoms with E-state index in [1.165, 1.54) is 16.7 Å². The van der Waals surface area contributed by atoms with E-state index in [0.29, 0.717) is 12.0 Å². The highest BCUT2D eigenvalue weighted by Gasteiger charge is 2.30. The quantitative estimate of drug-likeness (QED) is 0.598.